The van der Waals surface area contributed by atoms with Gasteiger partial charge in [-0.3, -0.25) is 4.79 Å². The molecular weight excluding hydrogens is 262 g/mol. The van der Waals surface area contributed by atoms with E-state index in [0.717, 1.165) is 16.6 Å². The zero-order valence-corrected chi connectivity index (χ0v) is 13.2. The van der Waals surface area contributed by atoms with Crippen LogP contribution < -0.4 is 0 Å². The lowest BCUT2D eigenvalue weighted by atomic mass is 9.88. The number of rotatable bonds is 1. The van der Waals surface area contributed by atoms with Crippen LogP contribution in [-0.2, 0) is 10.2 Å². The molecular formula is C17H21N3O. The molecule has 1 N–H and O–H groups in total. The largest absolute Gasteiger partial charge is 0.348 e. The molecule has 1 amide bonds. The average molecular weight is 283 g/mol. The molecule has 4 heteroatoms. The van der Waals surface area contributed by atoms with Crippen molar-refractivity contribution in [3.05, 3.63) is 29.6 Å². The number of carbonyl (C=O) groups excluding carboxylic acids is 1. The Bertz CT molecular complexity index is 724. The van der Waals surface area contributed by atoms with Gasteiger partial charge in [0, 0.05) is 31.9 Å². The maximum absolute atomic E-state index is 11.5. The summed E-state index contributed by atoms with van der Waals surface area (Å²) in [6, 6.07) is 2.12. The molecule has 0 atom stereocenters. The van der Waals surface area contributed by atoms with E-state index in [1.165, 1.54) is 5.56 Å². The van der Waals surface area contributed by atoms with Crippen LogP contribution in [0.4, 0.5) is 0 Å². The number of nitrogens with zero attached hydrogens (tertiary/aromatic N) is 2. The molecule has 110 valence electrons. The number of aromatic nitrogens is 2. The summed E-state index contributed by atoms with van der Waals surface area (Å²) in [5.74, 6) is 6.00. The van der Waals surface area contributed by atoms with E-state index >= 15 is 0 Å². The highest BCUT2D eigenvalue weighted by Crippen LogP contribution is 2.25. The van der Waals surface area contributed by atoms with Crippen LogP contribution in [0.25, 0.3) is 11.0 Å². The normalized spacial score (nSPS) is 11.1. The fraction of sp³-hybridized carbons (Fsp3) is 0.412. The topological polar surface area (TPSA) is 49.0 Å². The van der Waals surface area contributed by atoms with Crippen molar-refractivity contribution in [1.29, 1.82) is 0 Å². The summed E-state index contributed by atoms with van der Waals surface area (Å²) in [5, 5.41) is 1.01. The highest BCUT2D eigenvalue weighted by Gasteiger charge is 2.15. The lowest BCUT2D eigenvalue weighted by Gasteiger charge is -2.18. The van der Waals surface area contributed by atoms with Gasteiger partial charge in [-0.2, -0.15) is 0 Å². The lowest BCUT2D eigenvalue weighted by molar-refractivity contribution is -0.127. The Balaban J connectivity index is 2.33. The number of aromatic amines is 1. The van der Waals surface area contributed by atoms with Crippen LogP contribution in [0.2, 0.25) is 0 Å². The number of hydrogen-bond acceptors (Lipinski definition) is 2. The summed E-state index contributed by atoms with van der Waals surface area (Å²) in [4.78, 5) is 20.6. The van der Waals surface area contributed by atoms with E-state index in [4.69, 9.17) is 0 Å². The third-order valence-electron chi connectivity index (χ3n) is 3.36. The second-order valence-electron chi connectivity index (χ2n) is 6.34. The third-order valence-corrected chi connectivity index (χ3v) is 3.36. The highest BCUT2D eigenvalue weighted by atomic mass is 16.2. The second kappa shape index (κ2) is 5.61. The first-order valence-corrected chi connectivity index (χ1v) is 6.95. The number of fused-ring (bicyclic) bond motifs is 1. The van der Waals surface area contributed by atoms with Crippen molar-refractivity contribution in [1.82, 2.24) is 14.9 Å². The molecule has 0 aliphatic rings. The SMILES string of the molecule is CN(C)C(=O)CC#Cc1c[nH]c2ncc(C(C)(C)C)cc12. The van der Waals surface area contributed by atoms with Gasteiger partial charge in [-0.25, -0.2) is 4.98 Å². The molecule has 0 unspecified atom stereocenters. The minimum absolute atomic E-state index is 0.0100. The Hall–Kier alpha value is -2.28. The molecule has 21 heavy (non-hydrogen) atoms. The number of amides is 1. The van der Waals surface area contributed by atoms with Crippen molar-refractivity contribution in [2.24, 2.45) is 0 Å². The monoisotopic (exact) mass is 283 g/mol. The predicted octanol–water partition coefficient (Wildman–Crippen LogP) is 2.69. The fourth-order valence-corrected chi connectivity index (χ4v) is 1.89. The quantitative estimate of drug-likeness (QED) is 0.818. The van der Waals surface area contributed by atoms with E-state index in [-0.39, 0.29) is 17.7 Å². The minimum atomic E-state index is 0.0100. The van der Waals surface area contributed by atoms with Crippen molar-refractivity contribution < 1.29 is 4.79 Å². The molecule has 0 aliphatic carbocycles. The Kier molecular flexibility index (Phi) is 4.04. The van der Waals surface area contributed by atoms with Crippen LogP contribution in [0.1, 0.15) is 38.3 Å². The summed E-state index contributed by atoms with van der Waals surface area (Å²) < 4.78 is 0. The molecule has 2 rings (SSSR count). The summed E-state index contributed by atoms with van der Waals surface area (Å²) >= 11 is 0. The Labute approximate surface area is 125 Å². The van der Waals surface area contributed by atoms with Crippen LogP contribution in [0.5, 0.6) is 0 Å². The highest BCUT2D eigenvalue weighted by molar-refractivity contribution is 5.84. The van der Waals surface area contributed by atoms with Gasteiger partial charge in [0.25, 0.3) is 0 Å². The summed E-state index contributed by atoms with van der Waals surface area (Å²) in [5.41, 5.74) is 2.92. The Morgan fingerprint density at radius 2 is 2.10 bits per heavy atom. The Morgan fingerprint density at radius 3 is 2.71 bits per heavy atom. The van der Waals surface area contributed by atoms with E-state index in [9.17, 15) is 4.79 Å². The zero-order valence-electron chi connectivity index (χ0n) is 13.2. The molecule has 0 bridgehead atoms. The number of H-pyrrole nitrogens is 1. The van der Waals surface area contributed by atoms with Crippen molar-refractivity contribution in [2.75, 3.05) is 14.1 Å². The van der Waals surface area contributed by atoms with Gasteiger partial charge in [-0.15, -0.1) is 0 Å². The first-order valence-electron chi connectivity index (χ1n) is 6.95. The van der Waals surface area contributed by atoms with E-state index in [1.807, 2.05) is 12.4 Å². The van der Waals surface area contributed by atoms with E-state index < -0.39 is 0 Å². The number of hydrogen-bond donors (Lipinski definition) is 1. The standard InChI is InChI=1S/C17H21N3O/c1-17(2,3)13-9-14-12(10-18-16(14)19-11-13)7-6-8-15(21)20(4)5/h9-11H,8H2,1-5H3,(H,18,19). The molecule has 2 aromatic heterocycles. The maximum Gasteiger partial charge on any atom is 0.234 e. The fourth-order valence-electron chi connectivity index (χ4n) is 1.89. The molecule has 0 saturated heterocycles. The van der Waals surface area contributed by atoms with Gasteiger partial charge < -0.3 is 9.88 Å². The molecule has 0 saturated carbocycles. The second-order valence-corrected chi connectivity index (χ2v) is 6.34. The first kappa shape index (κ1) is 15.1. The molecule has 4 nitrogen and oxygen atoms in total. The lowest BCUT2D eigenvalue weighted by Crippen LogP contribution is -2.20. The van der Waals surface area contributed by atoms with Crippen LogP contribution in [0.3, 0.4) is 0 Å². The molecule has 2 heterocycles. The molecule has 0 aromatic carbocycles. The molecule has 0 fully saturated rings. The number of carbonyl (C=O) groups is 1. The third kappa shape index (κ3) is 3.43. The van der Waals surface area contributed by atoms with Crippen LogP contribution in [0.15, 0.2) is 18.5 Å². The van der Waals surface area contributed by atoms with Gasteiger partial charge in [-0.05, 0) is 17.0 Å². The van der Waals surface area contributed by atoms with Gasteiger partial charge >= 0.3 is 0 Å². The van der Waals surface area contributed by atoms with Crippen molar-refractivity contribution in [2.45, 2.75) is 32.6 Å². The molecule has 2 aromatic rings. The summed E-state index contributed by atoms with van der Waals surface area (Å²) in [6.45, 7) is 6.47. The average Bonchev–Trinajstić information content (AvgIpc) is 2.80. The van der Waals surface area contributed by atoms with Crippen molar-refractivity contribution in [3.63, 3.8) is 0 Å². The Morgan fingerprint density at radius 1 is 1.38 bits per heavy atom. The molecule has 0 spiro atoms. The number of pyridine rings is 1. The van der Waals surface area contributed by atoms with E-state index in [1.54, 1.807) is 19.0 Å². The van der Waals surface area contributed by atoms with Crippen LogP contribution >= 0.6 is 0 Å². The molecule has 0 radical (unpaired) electrons. The van der Waals surface area contributed by atoms with Crippen LogP contribution in [0, 0.1) is 11.8 Å². The van der Waals surface area contributed by atoms with E-state index in [0.29, 0.717) is 0 Å². The maximum atomic E-state index is 11.5. The van der Waals surface area contributed by atoms with Gasteiger partial charge in [-0.1, -0.05) is 32.6 Å². The van der Waals surface area contributed by atoms with Gasteiger partial charge in [0.1, 0.15) is 5.65 Å². The van der Waals surface area contributed by atoms with Crippen molar-refractivity contribution >= 4 is 16.9 Å². The number of nitrogens with one attached hydrogen (secondary N) is 1. The first-order chi connectivity index (χ1) is 9.79. The van der Waals surface area contributed by atoms with Gasteiger partial charge in [0.15, 0.2) is 0 Å². The van der Waals surface area contributed by atoms with E-state index in [2.05, 4.69) is 48.6 Å². The zero-order chi connectivity index (χ0) is 15.6. The van der Waals surface area contributed by atoms with Gasteiger partial charge in [0.2, 0.25) is 5.91 Å². The van der Waals surface area contributed by atoms with Gasteiger partial charge in [0.05, 0.1) is 12.0 Å². The van der Waals surface area contributed by atoms with Crippen molar-refractivity contribution in [3.8, 4) is 11.8 Å². The summed E-state index contributed by atoms with van der Waals surface area (Å²) in [6.07, 6.45) is 3.97. The predicted molar refractivity (Wildman–Crippen MR) is 85.0 cm³/mol. The molecule has 0 aliphatic heterocycles. The van der Waals surface area contributed by atoms with Crippen LogP contribution in [-0.4, -0.2) is 34.9 Å². The minimum Gasteiger partial charge on any atom is -0.348 e. The smallest absolute Gasteiger partial charge is 0.234 e. The summed E-state index contributed by atoms with van der Waals surface area (Å²) in [7, 11) is 3.46.